The Morgan fingerprint density at radius 1 is 1.21 bits per heavy atom. The molecule has 3 N–H and O–H groups in total. The number of guanidine groups is 1. The SMILES string of the molecule is CCNC(=NCC(=O)NCc1ccc(OC)cc1)NC1CCN(C(C)C)CC1.I. The van der Waals surface area contributed by atoms with Crippen LogP contribution in [-0.2, 0) is 11.3 Å². The van der Waals surface area contributed by atoms with E-state index in [-0.39, 0.29) is 36.4 Å². The number of benzene rings is 1. The number of halogens is 1. The van der Waals surface area contributed by atoms with Crippen LogP contribution in [0.2, 0.25) is 0 Å². The van der Waals surface area contributed by atoms with Crippen molar-refractivity contribution < 1.29 is 9.53 Å². The number of methoxy groups -OCH3 is 1. The van der Waals surface area contributed by atoms with Crippen LogP contribution in [0.15, 0.2) is 29.3 Å². The Labute approximate surface area is 192 Å². The van der Waals surface area contributed by atoms with Crippen LogP contribution in [-0.4, -0.2) is 62.1 Å². The van der Waals surface area contributed by atoms with Crippen LogP contribution in [0.4, 0.5) is 0 Å². The van der Waals surface area contributed by atoms with Gasteiger partial charge in [-0.2, -0.15) is 0 Å². The number of hydrogen-bond donors (Lipinski definition) is 3. The van der Waals surface area contributed by atoms with Gasteiger partial charge in [0.25, 0.3) is 0 Å². The molecule has 2 rings (SSSR count). The van der Waals surface area contributed by atoms with E-state index in [4.69, 9.17) is 4.74 Å². The van der Waals surface area contributed by atoms with E-state index in [1.165, 1.54) is 0 Å². The molecule has 0 unspecified atom stereocenters. The van der Waals surface area contributed by atoms with Gasteiger partial charge < -0.3 is 25.6 Å². The number of hydrogen-bond acceptors (Lipinski definition) is 4. The Balaban J connectivity index is 0.00000420. The lowest BCUT2D eigenvalue weighted by atomic mass is 10.0. The van der Waals surface area contributed by atoms with Gasteiger partial charge in [0.1, 0.15) is 12.3 Å². The zero-order valence-corrected chi connectivity index (χ0v) is 20.4. The molecule has 0 bridgehead atoms. The molecule has 1 aliphatic heterocycles. The standard InChI is InChI=1S/C21H35N5O2.HI/c1-5-22-21(25-18-10-12-26(13-11-18)16(2)3)24-15-20(27)23-14-17-6-8-19(28-4)9-7-17;/h6-9,16,18H,5,10-15H2,1-4H3,(H,23,27)(H2,22,24,25);1H. The highest BCUT2D eigenvalue weighted by Gasteiger charge is 2.21. The minimum absolute atomic E-state index is 0. The number of piperidine rings is 1. The van der Waals surface area contributed by atoms with Gasteiger partial charge in [-0.3, -0.25) is 4.79 Å². The van der Waals surface area contributed by atoms with Gasteiger partial charge in [0.05, 0.1) is 7.11 Å². The number of ether oxygens (including phenoxy) is 1. The molecule has 0 aromatic heterocycles. The van der Waals surface area contributed by atoms with Crippen LogP contribution in [0.25, 0.3) is 0 Å². The van der Waals surface area contributed by atoms with Crippen molar-refractivity contribution in [1.82, 2.24) is 20.9 Å². The quantitative estimate of drug-likeness (QED) is 0.281. The van der Waals surface area contributed by atoms with Crippen molar-refractivity contribution in [1.29, 1.82) is 0 Å². The third kappa shape index (κ3) is 9.20. The average Bonchev–Trinajstić information content (AvgIpc) is 2.71. The molecule has 164 valence electrons. The first-order valence-corrected chi connectivity index (χ1v) is 10.2. The lowest BCUT2D eigenvalue weighted by Gasteiger charge is -2.35. The van der Waals surface area contributed by atoms with E-state index in [0.29, 0.717) is 24.6 Å². The van der Waals surface area contributed by atoms with E-state index in [0.717, 1.165) is 43.8 Å². The van der Waals surface area contributed by atoms with Crippen molar-refractivity contribution in [3.05, 3.63) is 29.8 Å². The van der Waals surface area contributed by atoms with Crippen LogP contribution in [0.3, 0.4) is 0 Å². The van der Waals surface area contributed by atoms with Gasteiger partial charge in [-0.1, -0.05) is 12.1 Å². The first-order valence-electron chi connectivity index (χ1n) is 10.2. The third-order valence-corrected chi connectivity index (χ3v) is 4.97. The molecule has 1 fully saturated rings. The van der Waals surface area contributed by atoms with Gasteiger partial charge in [0, 0.05) is 38.3 Å². The minimum atomic E-state index is -0.0948. The van der Waals surface area contributed by atoms with Gasteiger partial charge in [-0.05, 0) is 51.3 Å². The fraction of sp³-hybridized carbons (Fsp3) is 0.619. The van der Waals surface area contributed by atoms with E-state index in [9.17, 15) is 4.79 Å². The summed E-state index contributed by atoms with van der Waals surface area (Å²) >= 11 is 0. The lowest BCUT2D eigenvalue weighted by molar-refractivity contribution is -0.119. The van der Waals surface area contributed by atoms with Crippen LogP contribution in [0.5, 0.6) is 5.75 Å². The molecular weight excluding hydrogens is 481 g/mol. The molecule has 0 saturated carbocycles. The molecule has 1 amide bonds. The number of aliphatic imine (C=N–C) groups is 1. The topological polar surface area (TPSA) is 78.0 Å². The highest BCUT2D eigenvalue weighted by atomic mass is 127. The molecule has 1 saturated heterocycles. The Morgan fingerprint density at radius 3 is 2.41 bits per heavy atom. The molecule has 0 spiro atoms. The molecule has 1 aromatic carbocycles. The molecule has 1 aliphatic rings. The first-order chi connectivity index (χ1) is 13.5. The first kappa shape index (κ1) is 25.5. The molecule has 0 radical (unpaired) electrons. The van der Waals surface area contributed by atoms with Gasteiger partial charge >= 0.3 is 0 Å². The van der Waals surface area contributed by atoms with E-state index < -0.39 is 0 Å². The number of carbonyl (C=O) groups is 1. The largest absolute Gasteiger partial charge is 0.497 e. The number of nitrogens with one attached hydrogen (secondary N) is 3. The molecule has 0 aliphatic carbocycles. The van der Waals surface area contributed by atoms with Crippen molar-refractivity contribution in [3.63, 3.8) is 0 Å². The summed E-state index contributed by atoms with van der Waals surface area (Å²) in [4.78, 5) is 19.1. The van der Waals surface area contributed by atoms with Crippen molar-refractivity contribution in [3.8, 4) is 5.75 Å². The second kappa shape index (κ2) is 13.6. The zero-order chi connectivity index (χ0) is 20.4. The summed E-state index contributed by atoms with van der Waals surface area (Å²) in [6.45, 7) is 10.1. The normalized spacial score (nSPS) is 15.6. The predicted octanol–water partition coefficient (Wildman–Crippen LogP) is 2.36. The lowest BCUT2D eigenvalue weighted by Crippen LogP contribution is -2.50. The van der Waals surface area contributed by atoms with Crippen molar-refractivity contribution in [2.24, 2.45) is 4.99 Å². The predicted molar refractivity (Wildman–Crippen MR) is 129 cm³/mol. The Hall–Kier alpha value is -1.55. The van der Waals surface area contributed by atoms with Crippen LogP contribution < -0.4 is 20.7 Å². The van der Waals surface area contributed by atoms with Crippen LogP contribution in [0.1, 0.15) is 39.2 Å². The van der Waals surface area contributed by atoms with Gasteiger partial charge in [-0.15, -0.1) is 24.0 Å². The smallest absolute Gasteiger partial charge is 0.242 e. The number of amides is 1. The van der Waals surface area contributed by atoms with Crippen molar-refractivity contribution >= 4 is 35.8 Å². The van der Waals surface area contributed by atoms with E-state index in [1.807, 2.05) is 31.2 Å². The maximum atomic E-state index is 12.2. The summed E-state index contributed by atoms with van der Waals surface area (Å²) in [5.74, 6) is 1.42. The van der Waals surface area contributed by atoms with Crippen molar-refractivity contribution in [2.45, 2.75) is 52.2 Å². The second-order valence-corrected chi connectivity index (χ2v) is 7.37. The summed E-state index contributed by atoms with van der Waals surface area (Å²) in [6, 6.07) is 8.65. The highest BCUT2D eigenvalue weighted by molar-refractivity contribution is 14.0. The van der Waals surface area contributed by atoms with E-state index in [2.05, 4.69) is 39.7 Å². The molecular formula is C21H36IN5O2. The molecule has 7 nitrogen and oxygen atoms in total. The molecule has 8 heteroatoms. The van der Waals surface area contributed by atoms with Gasteiger partial charge in [0.15, 0.2) is 5.96 Å². The Morgan fingerprint density at radius 2 is 1.86 bits per heavy atom. The number of carbonyl (C=O) groups excluding carboxylic acids is 1. The summed E-state index contributed by atoms with van der Waals surface area (Å²) in [6.07, 6.45) is 2.18. The summed E-state index contributed by atoms with van der Waals surface area (Å²) in [5, 5.41) is 9.62. The monoisotopic (exact) mass is 517 g/mol. The van der Waals surface area contributed by atoms with Gasteiger partial charge in [-0.25, -0.2) is 4.99 Å². The molecule has 1 aromatic rings. The fourth-order valence-electron chi connectivity index (χ4n) is 3.22. The fourth-order valence-corrected chi connectivity index (χ4v) is 3.22. The Bertz CT molecular complexity index is 628. The maximum absolute atomic E-state index is 12.2. The summed E-state index contributed by atoms with van der Waals surface area (Å²) in [7, 11) is 1.64. The highest BCUT2D eigenvalue weighted by Crippen LogP contribution is 2.13. The number of rotatable bonds is 8. The zero-order valence-electron chi connectivity index (χ0n) is 18.0. The third-order valence-electron chi connectivity index (χ3n) is 4.97. The van der Waals surface area contributed by atoms with Crippen LogP contribution in [0, 0.1) is 0 Å². The number of nitrogens with zero attached hydrogens (tertiary/aromatic N) is 2. The Kier molecular flexibility index (Phi) is 12.0. The van der Waals surface area contributed by atoms with E-state index in [1.54, 1.807) is 7.11 Å². The second-order valence-electron chi connectivity index (χ2n) is 7.37. The maximum Gasteiger partial charge on any atom is 0.242 e. The molecule has 0 atom stereocenters. The summed E-state index contributed by atoms with van der Waals surface area (Å²) < 4.78 is 5.14. The van der Waals surface area contributed by atoms with Crippen LogP contribution >= 0.6 is 24.0 Å². The average molecular weight is 517 g/mol. The van der Waals surface area contributed by atoms with Crippen molar-refractivity contribution in [2.75, 3.05) is 33.3 Å². The molecule has 1 heterocycles. The molecule has 29 heavy (non-hydrogen) atoms. The summed E-state index contributed by atoms with van der Waals surface area (Å²) in [5.41, 5.74) is 1.03. The minimum Gasteiger partial charge on any atom is -0.497 e. The number of likely N-dealkylation sites (tertiary alicyclic amines) is 1. The van der Waals surface area contributed by atoms with E-state index >= 15 is 0 Å². The van der Waals surface area contributed by atoms with Gasteiger partial charge in [0.2, 0.25) is 5.91 Å².